The molecule has 2 amide bonds. The quantitative estimate of drug-likeness (QED) is 0.636. The van der Waals surface area contributed by atoms with Crippen molar-refractivity contribution < 1.29 is 14.7 Å². The molecule has 0 aliphatic carbocycles. The molecule has 1 fully saturated rings. The average Bonchev–Trinajstić information content (AvgIpc) is 2.40. The molecule has 1 aliphatic rings. The summed E-state index contributed by atoms with van der Waals surface area (Å²) in [5, 5.41) is 14.2. The number of aliphatic carboxylic acids is 1. The van der Waals surface area contributed by atoms with Crippen molar-refractivity contribution in [3.63, 3.8) is 0 Å². The summed E-state index contributed by atoms with van der Waals surface area (Å²) < 4.78 is 0. The van der Waals surface area contributed by atoms with Crippen LogP contribution in [0, 0.1) is 5.41 Å². The van der Waals surface area contributed by atoms with E-state index in [9.17, 15) is 9.59 Å². The van der Waals surface area contributed by atoms with E-state index >= 15 is 0 Å². The Hall–Kier alpha value is -1.56. The van der Waals surface area contributed by atoms with Crippen LogP contribution in [0.15, 0.2) is 12.7 Å². The molecule has 6 nitrogen and oxygen atoms in total. The van der Waals surface area contributed by atoms with E-state index in [0.29, 0.717) is 6.54 Å². The summed E-state index contributed by atoms with van der Waals surface area (Å²) in [5.41, 5.74) is 0.0843. The normalized spacial score (nSPS) is 19.9. The zero-order valence-electron chi connectivity index (χ0n) is 12.3. The van der Waals surface area contributed by atoms with Gasteiger partial charge in [-0.1, -0.05) is 13.0 Å². The molecule has 0 saturated carbocycles. The van der Waals surface area contributed by atoms with E-state index in [1.54, 1.807) is 0 Å². The second-order valence-electron chi connectivity index (χ2n) is 5.86. The number of rotatable bonds is 6. The van der Waals surface area contributed by atoms with E-state index in [1.165, 1.54) is 6.08 Å². The topological polar surface area (TPSA) is 81.7 Å². The summed E-state index contributed by atoms with van der Waals surface area (Å²) in [7, 11) is 2.09. The van der Waals surface area contributed by atoms with E-state index in [4.69, 9.17) is 5.11 Å². The minimum Gasteiger partial charge on any atom is -0.480 e. The standard InChI is InChI=1S/C14H25N3O3/c1-4-5-11(12(18)19)16-13(20)15-10-14(2)6-8-17(3)9-7-14/h4,11H,1,5-10H2,2-3H3,(H,18,19)(H2,15,16,20). The van der Waals surface area contributed by atoms with Crippen LogP contribution < -0.4 is 10.6 Å². The van der Waals surface area contributed by atoms with E-state index in [0.717, 1.165) is 25.9 Å². The SMILES string of the molecule is C=CCC(NC(=O)NCC1(C)CCN(C)CC1)C(=O)O. The molecule has 0 bridgehead atoms. The molecule has 6 heteroatoms. The third kappa shape index (κ3) is 5.21. The second-order valence-corrected chi connectivity index (χ2v) is 5.86. The lowest BCUT2D eigenvalue weighted by Crippen LogP contribution is -2.49. The van der Waals surface area contributed by atoms with Gasteiger partial charge in [0.05, 0.1) is 0 Å². The van der Waals surface area contributed by atoms with Crippen molar-refractivity contribution in [1.29, 1.82) is 0 Å². The average molecular weight is 283 g/mol. The molecule has 0 aromatic rings. The Morgan fingerprint density at radius 1 is 1.45 bits per heavy atom. The molecule has 20 heavy (non-hydrogen) atoms. The summed E-state index contributed by atoms with van der Waals surface area (Å²) in [6.45, 7) is 8.25. The number of hydrogen-bond acceptors (Lipinski definition) is 3. The summed E-state index contributed by atoms with van der Waals surface area (Å²) in [5.74, 6) is -1.05. The van der Waals surface area contributed by atoms with Crippen LogP contribution in [0.2, 0.25) is 0 Å². The van der Waals surface area contributed by atoms with Crippen molar-refractivity contribution in [2.75, 3.05) is 26.7 Å². The molecule has 1 unspecified atom stereocenters. The summed E-state index contributed by atoms with van der Waals surface area (Å²) in [4.78, 5) is 25.0. The Balaban J connectivity index is 2.38. The molecule has 0 aromatic heterocycles. The molecule has 1 atom stereocenters. The van der Waals surface area contributed by atoms with Crippen molar-refractivity contribution in [3.8, 4) is 0 Å². The summed E-state index contributed by atoms with van der Waals surface area (Å²) in [6.07, 6.45) is 3.75. The molecule has 1 aliphatic heterocycles. The van der Waals surface area contributed by atoms with Gasteiger partial charge in [0.1, 0.15) is 6.04 Å². The molecule has 0 spiro atoms. The highest BCUT2D eigenvalue weighted by atomic mass is 16.4. The minimum absolute atomic E-state index is 0.0843. The van der Waals surface area contributed by atoms with Crippen LogP contribution in [-0.4, -0.2) is 54.7 Å². The first kappa shape index (κ1) is 16.5. The zero-order valence-corrected chi connectivity index (χ0v) is 12.3. The van der Waals surface area contributed by atoms with Gasteiger partial charge >= 0.3 is 12.0 Å². The number of urea groups is 1. The lowest BCUT2D eigenvalue weighted by molar-refractivity contribution is -0.139. The van der Waals surface area contributed by atoms with Crippen LogP contribution in [0.3, 0.4) is 0 Å². The smallest absolute Gasteiger partial charge is 0.326 e. The van der Waals surface area contributed by atoms with E-state index in [-0.39, 0.29) is 11.8 Å². The number of amides is 2. The first-order valence-corrected chi connectivity index (χ1v) is 6.93. The highest BCUT2D eigenvalue weighted by Crippen LogP contribution is 2.29. The van der Waals surface area contributed by atoms with Gasteiger partial charge in [-0.2, -0.15) is 0 Å². The highest BCUT2D eigenvalue weighted by Gasteiger charge is 2.29. The number of carboxylic acids is 1. The molecular formula is C14H25N3O3. The van der Waals surface area contributed by atoms with Crippen molar-refractivity contribution >= 4 is 12.0 Å². The Labute approximate surface area is 120 Å². The number of nitrogens with one attached hydrogen (secondary N) is 2. The fraction of sp³-hybridized carbons (Fsp3) is 0.714. The second kappa shape index (κ2) is 7.28. The van der Waals surface area contributed by atoms with E-state index < -0.39 is 18.0 Å². The van der Waals surface area contributed by atoms with Gasteiger partial charge in [0, 0.05) is 6.54 Å². The van der Waals surface area contributed by atoms with Gasteiger partial charge in [-0.3, -0.25) is 0 Å². The molecular weight excluding hydrogens is 258 g/mol. The molecule has 1 saturated heterocycles. The van der Waals surface area contributed by atoms with Gasteiger partial charge in [-0.15, -0.1) is 6.58 Å². The number of carbonyl (C=O) groups is 2. The predicted molar refractivity (Wildman–Crippen MR) is 77.6 cm³/mol. The largest absolute Gasteiger partial charge is 0.480 e. The first-order chi connectivity index (χ1) is 9.36. The Bertz CT molecular complexity index is 363. The Morgan fingerprint density at radius 3 is 2.55 bits per heavy atom. The lowest BCUT2D eigenvalue weighted by atomic mass is 9.80. The lowest BCUT2D eigenvalue weighted by Gasteiger charge is -2.38. The summed E-state index contributed by atoms with van der Waals surface area (Å²) >= 11 is 0. The first-order valence-electron chi connectivity index (χ1n) is 6.93. The van der Waals surface area contributed by atoms with Gasteiger partial charge in [-0.25, -0.2) is 9.59 Å². The van der Waals surface area contributed by atoms with Gasteiger partial charge in [0.25, 0.3) is 0 Å². The van der Waals surface area contributed by atoms with Crippen LogP contribution >= 0.6 is 0 Å². The van der Waals surface area contributed by atoms with Crippen molar-refractivity contribution in [3.05, 3.63) is 12.7 Å². The van der Waals surface area contributed by atoms with Crippen molar-refractivity contribution in [2.24, 2.45) is 5.41 Å². The van der Waals surface area contributed by atoms with E-state index in [1.807, 2.05) is 0 Å². The Morgan fingerprint density at radius 2 is 2.05 bits per heavy atom. The number of likely N-dealkylation sites (tertiary alicyclic amines) is 1. The van der Waals surface area contributed by atoms with Gasteiger partial charge in [0.2, 0.25) is 0 Å². The predicted octanol–water partition coefficient (Wildman–Crippen LogP) is 1.05. The monoisotopic (exact) mass is 283 g/mol. The maximum atomic E-state index is 11.8. The molecule has 3 N–H and O–H groups in total. The summed E-state index contributed by atoms with van der Waals surface area (Å²) in [6, 6.07) is -1.35. The number of piperidine rings is 1. The Kier molecular flexibility index (Phi) is 6.01. The number of hydrogen-bond donors (Lipinski definition) is 3. The van der Waals surface area contributed by atoms with Crippen LogP contribution in [0.1, 0.15) is 26.2 Å². The number of carbonyl (C=O) groups excluding carboxylic acids is 1. The van der Waals surface area contributed by atoms with E-state index in [2.05, 4.69) is 36.1 Å². The van der Waals surface area contributed by atoms with Crippen LogP contribution in [0.25, 0.3) is 0 Å². The fourth-order valence-electron chi connectivity index (χ4n) is 2.23. The fourth-order valence-corrected chi connectivity index (χ4v) is 2.23. The third-order valence-corrected chi connectivity index (χ3v) is 3.88. The molecule has 1 rings (SSSR count). The zero-order chi connectivity index (χ0) is 15.2. The third-order valence-electron chi connectivity index (χ3n) is 3.88. The highest BCUT2D eigenvalue weighted by molar-refractivity contribution is 5.82. The van der Waals surface area contributed by atoms with Crippen LogP contribution in [0.5, 0.6) is 0 Å². The van der Waals surface area contributed by atoms with Crippen molar-refractivity contribution in [2.45, 2.75) is 32.2 Å². The maximum Gasteiger partial charge on any atom is 0.326 e. The maximum absolute atomic E-state index is 11.8. The molecule has 114 valence electrons. The van der Waals surface area contributed by atoms with Crippen molar-refractivity contribution in [1.82, 2.24) is 15.5 Å². The molecule has 0 radical (unpaired) electrons. The number of nitrogens with zero attached hydrogens (tertiary/aromatic N) is 1. The van der Waals surface area contributed by atoms with Gasteiger partial charge in [-0.05, 0) is 44.8 Å². The molecule has 1 heterocycles. The minimum atomic E-state index is -1.05. The van der Waals surface area contributed by atoms with Crippen LogP contribution in [-0.2, 0) is 4.79 Å². The molecule has 0 aromatic carbocycles. The van der Waals surface area contributed by atoms with Gasteiger partial charge in [0.15, 0.2) is 0 Å². The van der Waals surface area contributed by atoms with Gasteiger partial charge < -0.3 is 20.6 Å². The number of carboxylic acid groups (broad SMARTS) is 1. The van der Waals surface area contributed by atoms with Crippen LogP contribution in [0.4, 0.5) is 4.79 Å².